The SMILES string of the molecule is C=C1N=CC=C(NC(=O)C(C)C)N1. The van der Waals surface area contributed by atoms with E-state index in [2.05, 4.69) is 22.2 Å². The van der Waals surface area contributed by atoms with Crippen molar-refractivity contribution < 1.29 is 4.79 Å². The summed E-state index contributed by atoms with van der Waals surface area (Å²) in [7, 11) is 0. The summed E-state index contributed by atoms with van der Waals surface area (Å²) in [5.41, 5.74) is 0. The van der Waals surface area contributed by atoms with E-state index < -0.39 is 0 Å². The number of amides is 1. The van der Waals surface area contributed by atoms with Crippen LogP contribution in [0.3, 0.4) is 0 Å². The van der Waals surface area contributed by atoms with Crippen LogP contribution in [-0.2, 0) is 4.79 Å². The van der Waals surface area contributed by atoms with Crippen LogP contribution in [0.1, 0.15) is 13.8 Å². The molecular formula is C9H13N3O. The molecule has 13 heavy (non-hydrogen) atoms. The summed E-state index contributed by atoms with van der Waals surface area (Å²) in [6.07, 6.45) is 3.28. The molecule has 0 aromatic carbocycles. The van der Waals surface area contributed by atoms with Gasteiger partial charge in [0.25, 0.3) is 0 Å². The van der Waals surface area contributed by atoms with Gasteiger partial charge in [0.15, 0.2) is 0 Å². The first-order valence-corrected chi connectivity index (χ1v) is 4.10. The maximum atomic E-state index is 11.3. The smallest absolute Gasteiger partial charge is 0.228 e. The normalized spacial score (nSPS) is 15.3. The Morgan fingerprint density at radius 3 is 2.92 bits per heavy atom. The molecule has 4 nitrogen and oxygen atoms in total. The zero-order chi connectivity index (χ0) is 9.84. The van der Waals surface area contributed by atoms with E-state index in [1.807, 2.05) is 13.8 Å². The quantitative estimate of drug-likeness (QED) is 0.657. The minimum atomic E-state index is -0.0326. The highest BCUT2D eigenvalue weighted by molar-refractivity contribution is 5.82. The molecule has 0 aromatic heterocycles. The lowest BCUT2D eigenvalue weighted by molar-refractivity contribution is -0.123. The second kappa shape index (κ2) is 3.89. The lowest BCUT2D eigenvalue weighted by atomic mass is 10.2. The van der Waals surface area contributed by atoms with Crippen LogP contribution in [0.5, 0.6) is 0 Å². The van der Waals surface area contributed by atoms with Crippen molar-refractivity contribution in [2.45, 2.75) is 13.8 Å². The molecule has 1 aliphatic rings. The van der Waals surface area contributed by atoms with Crippen molar-refractivity contribution in [1.82, 2.24) is 10.6 Å². The average molecular weight is 179 g/mol. The molecule has 1 rings (SSSR count). The third kappa shape index (κ3) is 2.74. The Hall–Kier alpha value is -1.58. The molecule has 0 atom stereocenters. The van der Waals surface area contributed by atoms with Crippen molar-refractivity contribution in [3.63, 3.8) is 0 Å². The van der Waals surface area contributed by atoms with E-state index in [1.165, 1.54) is 0 Å². The fourth-order valence-electron chi connectivity index (χ4n) is 0.781. The Morgan fingerprint density at radius 2 is 2.38 bits per heavy atom. The number of nitrogens with one attached hydrogen (secondary N) is 2. The number of carbonyl (C=O) groups is 1. The maximum absolute atomic E-state index is 11.3. The molecule has 1 heterocycles. The van der Waals surface area contributed by atoms with E-state index in [0.29, 0.717) is 11.6 Å². The van der Waals surface area contributed by atoms with E-state index in [4.69, 9.17) is 0 Å². The molecule has 2 N–H and O–H groups in total. The van der Waals surface area contributed by atoms with Gasteiger partial charge in [-0.25, -0.2) is 4.99 Å². The molecule has 0 unspecified atom stereocenters. The largest absolute Gasteiger partial charge is 0.327 e. The Balaban J connectivity index is 2.55. The van der Waals surface area contributed by atoms with Crippen LogP contribution < -0.4 is 10.6 Å². The molecule has 0 radical (unpaired) electrons. The van der Waals surface area contributed by atoms with Crippen LogP contribution >= 0.6 is 0 Å². The molecule has 0 spiro atoms. The summed E-state index contributed by atoms with van der Waals surface area (Å²) in [6.45, 7) is 7.29. The van der Waals surface area contributed by atoms with Crippen LogP contribution in [0.4, 0.5) is 0 Å². The number of carbonyl (C=O) groups excluding carboxylic acids is 1. The molecule has 0 bridgehead atoms. The first-order chi connectivity index (χ1) is 6.09. The van der Waals surface area contributed by atoms with Gasteiger partial charge in [-0.15, -0.1) is 0 Å². The first-order valence-electron chi connectivity index (χ1n) is 4.10. The number of hydrogen-bond acceptors (Lipinski definition) is 3. The van der Waals surface area contributed by atoms with Gasteiger partial charge in [-0.2, -0.15) is 0 Å². The van der Waals surface area contributed by atoms with Crippen LogP contribution in [0.15, 0.2) is 29.3 Å². The number of aliphatic imine (C=N–C) groups is 1. The third-order valence-corrected chi connectivity index (χ3v) is 1.53. The molecule has 70 valence electrons. The van der Waals surface area contributed by atoms with Gasteiger partial charge >= 0.3 is 0 Å². The monoisotopic (exact) mass is 179 g/mol. The van der Waals surface area contributed by atoms with Crippen LogP contribution in [-0.4, -0.2) is 12.1 Å². The highest BCUT2D eigenvalue weighted by Crippen LogP contribution is 1.99. The summed E-state index contributed by atoms with van der Waals surface area (Å²) < 4.78 is 0. The standard InChI is InChI=1S/C9H13N3O/c1-6(2)9(13)12-8-4-5-10-7(3)11-8/h4-6,11H,3H2,1-2H3,(H,12,13). The minimum Gasteiger partial charge on any atom is -0.327 e. The minimum absolute atomic E-state index is 0.0261. The Labute approximate surface area is 77.4 Å². The first kappa shape index (κ1) is 9.51. The summed E-state index contributed by atoms with van der Waals surface area (Å²) in [4.78, 5) is 15.1. The van der Waals surface area contributed by atoms with E-state index in [-0.39, 0.29) is 11.8 Å². The number of rotatable bonds is 2. The highest BCUT2D eigenvalue weighted by atomic mass is 16.1. The van der Waals surface area contributed by atoms with Crippen LogP contribution in [0.2, 0.25) is 0 Å². The van der Waals surface area contributed by atoms with Gasteiger partial charge in [-0.05, 0) is 6.08 Å². The van der Waals surface area contributed by atoms with Crippen molar-refractivity contribution in [1.29, 1.82) is 0 Å². The van der Waals surface area contributed by atoms with E-state index in [1.54, 1.807) is 12.3 Å². The molecule has 4 heteroatoms. The Bertz CT molecular complexity index is 289. The molecular weight excluding hydrogens is 166 g/mol. The topological polar surface area (TPSA) is 53.5 Å². The van der Waals surface area contributed by atoms with Crippen molar-refractivity contribution in [2.75, 3.05) is 0 Å². The summed E-state index contributed by atoms with van der Waals surface area (Å²) in [5, 5.41) is 5.55. The predicted molar refractivity (Wildman–Crippen MR) is 51.8 cm³/mol. The van der Waals surface area contributed by atoms with Gasteiger partial charge in [0.05, 0.1) is 0 Å². The van der Waals surface area contributed by atoms with Crippen LogP contribution in [0.25, 0.3) is 0 Å². The molecule has 0 fully saturated rings. The molecule has 0 saturated heterocycles. The number of allylic oxidation sites excluding steroid dienone is 1. The van der Waals surface area contributed by atoms with Crippen molar-refractivity contribution >= 4 is 12.1 Å². The molecule has 1 aliphatic heterocycles. The zero-order valence-electron chi connectivity index (χ0n) is 7.79. The van der Waals surface area contributed by atoms with Gasteiger partial charge in [0, 0.05) is 12.1 Å². The fourth-order valence-corrected chi connectivity index (χ4v) is 0.781. The van der Waals surface area contributed by atoms with Crippen LogP contribution in [0, 0.1) is 5.92 Å². The van der Waals surface area contributed by atoms with E-state index in [0.717, 1.165) is 0 Å². The number of nitrogens with zero attached hydrogens (tertiary/aromatic N) is 1. The van der Waals surface area contributed by atoms with E-state index >= 15 is 0 Å². The highest BCUT2D eigenvalue weighted by Gasteiger charge is 2.09. The van der Waals surface area contributed by atoms with Gasteiger partial charge in [0.2, 0.25) is 5.91 Å². The van der Waals surface area contributed by atoms with Gasteiger partial charge in [-0.3, -0.25) is 4.79 Å². The second-order valence-corrected chi connectivity index (χ2v) is 3.07. The molecule has 0 aliphatic carbocycles. The lowest BCUT2D eigenvalue weighted by Crippen LogP contribution is -2.34. The van der Waals surface area contributed by atoms with Crippen molar-refractivity contribution in [3.05, 3.63) is 24.3 Å². The summed E-state index contributed by atoms with van der Waals surface area (Å²) in [5.74, 6) is 1.09. The average Bonchev–Trinajstić information content (AvgIpc) is 2.04. The molecule has 0 aromatic rings. The lowest BCUT2D eigenvalue weighted by Gasteiger charge is -2.15. The summed E-state index contributed by atoms with van der Waals surface area (Å²) >= 11 is 0. The molecule has 1 amide bonds. The Kier molecular flexibility index (Phi) is 2.84. The van der Waals surface area contributed by atoms with Gasteiger partial charge in [-0.1, -0.05) is 20.4 Å². The predicted octanol–water partition coefficient (Wildman–Crippen LogP) is 0.745. The number of hydrogen-bond donors (Lipinski definition) is 2. The fraction of sp³-hybridized carbons (Fsp3) is 0.333. The maximum Gasteiger partial charge on any atom is 0.228 e. The van der Waals surface area contributed by atoms with E-state index in [9.17, 15) is 4.79 Å². The zero-order valence-corrected chi connectivity index (χ0v) is 7.79. The van der Waals surface area contributed by atoms with Gasteiger partial charge in [0.1, 0.15) is 11.6 Å². The molecule has 0 saturated carbocycles. The summed E-state index contributed by atoms with van der Waals surface area (Å²) in [6, 6.07) is 0. The van der Waals surface area contributed by atoms with Gasteiger partial charge < -0.3 is 10.6 Å². The Morgan fingerprint density at radius 1 is 1.69 bits per heavy atom. The van der Waals surface area contributed by atoms with Crippen molar-refractivity contribution in [2.24, 2.45) is 10.9 Å². The third-order valence-electron chi connectivity index (χ3n) is 1.53. The van der Waals surface area contributed by atoms with Crippen molar-refractivity contribution in [3.8, 4) is 0 Å². The second-order valence-electron chi connectivity index (χ2n) is 3.07.